The molecule has 0 radical (unpaired) electrons. The Kier molecular flexibility index (Phi) is 8.97. The number of benzene rings is 2. The molecule has 0 aliphatic carbocycles. The summed E-state index contributed by atoms with van der Waals surface area (Å²) >= 11 is 5.47. The number of hydrogen-bond donors (Lipinski definition) is 3. The van der Waals surface area contributed by atoms with Crippen molar-refractivity contribution < 1.29 is 24.5 Å². The molecule has 0 saturated heterocycles. The molecule has 2 atom stereocenters. The first-order valence-corrected chi connectivity index (χ1v) is 10.7. The average Bonchev–Trinajstić information content (AvgIpc) is 2.67. The minimum Gasteiger partial charge on any atom is -0.508 e. The Balaban J connectivity index is 2.17. The number of carboxylic acids is 1. The summed E-state index contributed by atoms with van der Waals surface area (Å²) < 4.78 is 7.47. The second-order valence-electron chi connectivity index (χ2n) is 6.46. The fourth-order valence-corrected chi connectivity index (χ4v) is 3.51. The number of carbonyl (C=O) groups is 2. The number of phenols is 1. The monoisotopic (exact) mass is 573 g/mol. The smallest absolute Gasteiger partial charge is 0.412 e. The fourth-order valence-electron chi connectivity index (χ4n) is 2.73. The molecule has 3 N–H and O–H groups in total. The van der Waals surface area contributed by atoms with E-state index < -0.39 is 18.2 Å². The van der Waals surface area contributed by atoms with Gasteiger partial charge >= 0.3 is 12.1 Å². The second kappa shape index (κ2) is 11.2. The molecule has 0 heterocycles. The molecule has 2 aromatic rings. The Morgan fingerprint density at radius 3 is 2.59 bits per heavy atom. The quantitative estimate of drug-likeness (QED) is 0.262. The van der Waals surface area contributed by atoms with Gasteiger partial charge in [0.25, 0.3) is 0 Å². The molecule has 0 bridgehead atoms. The molecule has 0 unspecified atom stereocenters. The maximum Gasteiger partial charge on any atom is 0.412 e. The summed E-state index contributed by atoms with van der Waals surface area (Å²) in [7, 11) is 0. The van der Waals surface area contributed by atoms with Crippen LogP contribution < -0.4 is 5.32 Å². The zero-order chi connectivity index (χ0) is 21.4. The summed E-state index contributed by atoms with van der Waals surface area (Å²) in [6, 6.07) is 12.2. The van der Waals surface area contributed by atoms with E-state index in [1.54, 1.807) is 48.5 Å². The molecule has 29 heavy (non-hydrogen) atoms. The van der Waals surface area contributed by atoms with Gasteiger partial charge in [-0.1, -0.05) is 28.9 Å². The van der Waals surface area contributed by atoms with Crippen molar-refractivity contribution in [2.75, 3.05) is 5.32 Å². The van der Waals surface area contributed by atoms with Crippen molar-refractivity contribution in [3.05, 3.63) is 68.2 Å². The van der Waals surface area contributed by atoms with Gasteiger partial charge in [-0.25, -0.2) is 9.59 Å². The number of halogens is 2. The number of phenolic OH excluding ortho intramolecular Hbond substituents is 1. The summed E-state index contributed by atoms with van der Waals surface area (Å²) in [6.07, 6.45) is 2.40. The van der Waals surface area contributed by atoms with Crippen LogP contribution in [0.15, 0.2) is 59.1 Å². The first kappa shape index (κ1) is 23.2. The maximum atomic E-state index is 12.5. The van der Waals surface area contributed by atoms with Gasteiger partial charge in [-0.15, -0.1) is 0 Å². The molecule has 2 rings (SSSR count). The molecule has 1 amide bonds. The van der Waals surface area contributed by atoms with Crippen LogP contribution in [-0.4, -0.2) is 22.3 Å². The van der Waals surface area contributed by atoms with Crippen LogP contribution in [0.3, 0.4) is 0 Å². The first-order chi connectivity index (χ1) is 13.8. The lowest BCUT2D eigenvalue weighted by Gasteiger charge is -2.25. The highest BCUT2D eigenvalue weighted by Crippen LogP contribution is 2.36. The minimum absolute atomic E-state index is 0.0415. The molecule has 8 heteroatoms. The van der Waals surface area contributed by atoms with Gasteiger partial charge in [-0.2, -0.15) is 0 Å². The molecule has 0 aliphatic rings. The van der Waals surface area contributed by atoms with Crippen LogP contribution in [0, 0.1) is 9.49 Å². The van der Waals surface area contributed by atoms with Gasteiger partial charge in [0.15, 0.2) is 0 Å². The Hall–Kier alpha value is -2.07. The SMILES string of the molecule is C[C@@H](CC/C=C/C(=O)O)[C@@H](OC(=O)Nc1ccc(Br)cc1)c1cc(I)ccc1O. The van der Waals surface area contributed by atoms with E-state index in [1.807, 2.05) is 6.92 Å². The number of anilines is 1. The van der Waals surface area contributed by atoms with Crippen molar-refractivity contribution in [1.82, 2.24) is 0 Å². The maximum absolute atomic E-state index is 12.5. The Morgan fingerprint density at radius 2 is 1.93 bits per heavy atom. The normalized spacial score (nSPS) is 13.1. The first-order valence-electron chi connectivity index (χ1n) is 8.87. The third-order valence-electron chi connectivity index (χ3n) is 4.19. The lowest BCUT2D eigenvalue weighted by molar-refractivity contribution is -0.131. The predicted octanol–water partition coefficient (Wildman–Crippen LogP) is 6.11. The number of carbonyl (C=O) groups excluding carboxylic acids is 1. The number of hydrogen-bond acceptors (Lipinski definition) is 4. The zero-order valence-electron chi connectivity index (χ0n) is 15.6. The molecule has 6 nitrogen and oxygen atoms in total. The highest BCUT2D eigenvalue weighted by atomic mass is 127. The second-order valence-corrected chi connectivity index (χ2v) is 8.62. The van der Waals surface area contributed by atoms with E-state index in [-0.39, 0.29) is 11.7 Å². The molecule has 0 spiro atoms. The summed E-state index contributed by atoms with van der Waals surface area (Å²) in [5.74, 6) is -1.12. The standard InChI is InChI=1S/C21H21BrINO5/c1-13(4-2-3-5-19(26)27)20(17-12-15(23)8-11-18(17)25)29-21(28)24-16-9-6-14(22)7-10-16/h3,5-13,20,25H,2,4H2,1H3,(H,24,28)(H,26,27)/b5-3+/t13-,20+/m0/s1. The highest BCUT2D eigenvalue weighted by Gasteiger charge is 2.26. The van der Waals surface area contributed by atoms with Crippen molar-refractivity contribution in [1.29, 1.82) is 0 Å². The Bertz CT molecular complexity index is 885. The number of aliphatic carboxylic acids is 1. The number of amides is 1. The van der Waals surface area contributed by atoms with Crippen molar-refractivity contribution in [3.8, 4) is 5.75 Å². The fraction of sp³-hybridized carbons (Fsp3) is 0.238. The lowest BCUT2D eigenvalue weighted by Crippen LogP contribution is -2.22. The van der Waals surface area contributed by atoms with Gasteiger partial charge in [-0.05, 0) is 83.8 Å². The van der Waals surface area contributed by atoms with Gasteiger partial charge in [0.1, 0.15) is 11.9 Å². The van der Waals surface area contributed by atoms with Crippen LogP contribution in [-0.2, 0) is 9.53 Å². The number of aromatic hydroxyl groups is 1. The van der Waals surface area contributed by atoms with Gasteiger partial charge in [-0.3, -0.25) is 5.32 Å². The van der Waals surface area contributed by atoms with Crippen LogP contribution >= 0.6 is 38.5 Å². The Morgan fingerprint density at radius 1 is 1.24 bits per heavy atom. The Labute approximate surface area is 191 Å². The van der Waals surface area contributed by atoms with E-state index in [1.165, 1.54) is 0 Å². The molecular formula is C21H21BrINO5. The van der Waals surface area contributed by atoms with E-state index in [0.29, 0.717) is 24.1 Å². The number of allylic oxidation sites excluding steroid dienone is 1. The zero-order valence-corrected chi connectivity index (χ0v) is 19.4. The number of carboxylic acid groups (broad SMARTS) is 1. The van der Waals surface area contributed by atoms with E-state index in [0.717, 1.165) is 14.1 Å². The molecule has 0 saturated carbocycles. The third-order valence-corrected chi connectivity index (χ3v) is 5.39. The largest absolute Gasteiger partial charge is 0.508 e. The minimum atomic E-state index is -1.01. The van der Waals surface area contributed by atoms with Crippen LogP contribution in [0.25, 0.3) is 0 Å². The summed E-state index contributed by atoms with van der Waals surface area (Å²) in [5.41, 5.74) is 1.10. The van der Waals surface area contributed by atoms with E-state index >= 15 is 0 Å². The van der Waals surface area contributed by atoms with Gasteiger partial charge < -0.3 is 14.9 Å². The molecule has 154 valence electrons. The number of rotatable bonds is 8. The van der Waals surface area contributed by atoms with E-state index in [4.69, 9.17) is 9.84 Å². The van der Waals surface area contributed by atoms with Crippen molar-refractivity contribution in [2.45, 2.75) is 25.9 Å². The van der Waals surface area contributed by atoms with E-state index in [2.05, 4.69) is 43.8 Å². The van der Waals surface area contributed by atoms with Crippen LogP contribution in [0.1, 0.15) is 31.4 Å². The highest BCUT2D eigenvalue weighted by molar-refractivity contribution is 14.1. The summed E-state index contributed by atoms with van der Waals surface area (Å²) in [4.78, 5) is 23.1. The lowest BCUT2D eigenvalue weighted by atomic mass is 9.92. The molecule has 2 aromatic carbocycles. The summed E-state index contributed by atoms with van der Waals surface area (Å²) in [6.45, 7) is 1.89. The van der Waals surface area contributed by atoms with Crippen molar-refractivity contribution >= 4 is 56.3 Å². The van der Waals surface area contributed by atoms with Gasteiger partial charge in [0, 0.05) is 25.4 Å². The van der Waals surface area contributed by atoms with E-state index in [9.17, 15) is 14.7 Å². The summed E-state index contributed by atoms with van der Waals surface area (Å²) in [5, 5.41) is 21.7. The average molecular weight is 574 g/mol. The number of ether oxygens (including phenoxy) is 1. The van der Waals surface area contributed by atoms with Crippen LogP contribution in [0.4, 0.5) is 10.5 Å². The van der Waals surface area contributed by atoms with Gasteiger partial charge in [0.2, 0.25) is 0 Å². The molecule has 0 fully saturated rings. The molecule has 0 aliphatic heterocycles. The van der Waals surface area contributed by atoms with Gasteiger partial charge in [0.05, 0.1) is 0 Å². The topological polar surface area (TPSA) is 95.9 Å². The number of nitrogens with one attached hydrogen (secondary N) is 1. The van der Waals surface area contributed by atoms with Crippen LogP contribution in [0.5, 0.6) is 5.75 Å². The third kappa shape index (κ3) is 7.69. The predicted molar refractivity (Wildman–Crippen MR) is 123 cm³/mol. The van der Waals surface area contributed by atoms with Crippen LogP contribution in [0.2, 0.25) is 0 Å². The molecular weight excluding hydrogens is 553 g/mol. The van der Waals surface area contributed by atoms with Crippen molar-refractivity contribution in [3.63, 3.8) is 0 Å². The molecule has 0 aromatic heterocycles. The van der Waals surface area contributed by atoms with Crippen molar-refractivity contribution in [2.24, 2.45) is 5.92 Å².